The summed E-state index contributed by atoms with van der Waals surface area (Å²) in [5.41, 5.74) is -0.0305. The van der Waals surface area contributed by atoms with E-state index in [0.29, 0.717) is 31.5 Å². The number of carbonyl (C=O) groups is 1. The van der Waals surface area contributed by atoms with E-state index >= 15 is 0 Å². The predicted octanol–water partition coefficient (Wildman–Crippen LogP) is 1.25. The molecule has 1 atom stereocenters. The first-order valence-corrected chi connectivity index (χ1v) is 5.67. The van der Waals surface area contributed by atoms with Crippen molar-refractivity contribution < 1.29 is 14.6 Å². The van der Waals surface area contributed by atoms with Gasteiger partial charge < -0.3 is 15.2 Å². The largest absolute Gasteiger partial charge is 0.466 e. The Morgan fingerprint density at radius 2 is 2.12 bits per heavy atom. The zero-order valence-electron chi connectivity index (χ0n) is 10.7. The number of esters is 1. The molecule has 0 amide bonds. The number of nitrogens with one attached hydrogen (secondary N) is 1. The van der Waals surface area contributed by atoms with E-state index in [1.807, 2.05) is 13.8 Å². The molecule has 0 saturated carbocycles. The van der Waals surface area contributed by atoms with E-state index in [0.717, 1.165) is 0 Å². The van der Waals surface area contributed by atoms with Crippen LogP contribution in [-0.4, -0.2) is 36.9 Å². The highest BCUT2D eigenvalue weighted by molar-refractivity contribution is 5.88. The van der Waals surface area contributed by atoms with Gasteiger partial charge in [0.2, 0.25) is 0 Å². The Balaban J connectivity index is 4.03. The molecule has 0 fully saturated rings. The summed E-state index contributed by atoms with van der Waals surface area (Å²) in [7, 11) is 1.38. The SMILES string of the molecule is CCC(=CCNCC(C)(O)CC)C(=O)OC. The first kappa shape index (κ1) is 15.1. The standard InChI is InChI=1S/C12H23NO3/c1-5-10(11(14)16-4)7-8-13-9-12(3,15)6-2/h7,13,15H,5-6,8-9H2,1-4H3. The molecule has 0 saturated heterocycles. The first-order valence-electron chi connectivity index (χ1n) is 5.67. The van der Waals surface area contributed by atoms with Crippen LogP contribution in [0.1, 0.15) is 33.6 Å². The average Bonchev–Trinajstić information content (AvgIpc) is 2.28. The second-order valence-corrected chi connectivity index (χ2v) is 4.06. The number of rotatable bonds is 7. The van der Waals surface area contributed by atoms with Crippen molar-refractivity contribution in [3.05, 3.63) is 11.6 Å². The van der Waals surface area contributed by atoms with Gasteiger partial charge >= 0.3 is 5.97 Å². The lowest BCUT2D eigenvalue weighted by Crippen LogP contribution is -2.37. The topological polar surface area (TPSA) is 58.6 Å². The minimum absolute atomic E-state index is 0.286. The third kappa shape index (κ3) is 5.88. The van der Waals surface area contributed by atoms with Crippen molar-refractivity contribution in [3.8, 4) is 0 Å². The zero-order valence-corrected chi connectivity index (χ0v) is 10.7. The van der Waals surface area contributed by atoms with Gasteiger partial charge in [-0.15, -0.1) is 0 Å². The van der Waals surface area contributed by atoms with Crippen LogP contribution in [0.4, 0.5) is 0 Å². The van der Waals surface area contributed by atoms with Crippen LogP contribution in [0.15, 0.2) is 11.6 Å². The smallest absolute Gasteiger partial charge is 0.333 e. The van der Waals surface area contributed by atoms with Crippen molar-refractivity contribution >= 4 is 5.97 Å². The molecule has 0 spiro atoms. The van der Waals surface area contributed by atoms with Crippen LogP contribution in [-0.2, 0) is 9.53 Å². The Morgan fingerprint density at radius 3 is 2.56 bits per heavy atom. The van der Waals surface area contributed by atoms with E-state index in [9.17, 15) is 9.90 Å². The van der Waals surface area contributed by atoms with Gasteiger partial charge in [-0.25, -0.2) is 4.79 Å². The fourth-order valence-corrected chi connectivity index (χ4v) is 1.16. The number of carbonyl (C=O) groups excluding carboxylic acids is 1. The highest BCUT2D eigenvalue weighted by Crippen LogP contribution is 2.06. The summed E-state index contributed by atoms with van der Waals surface area (Å²) in [5.74, 6) is -0.286. The zero-order chi connectivity index (χ0) is 12.6. The number of hydrogen-bond acceptors (Lipinski definition) is 4. The summed E-state index contributed by atoms with van der Waals surface area (Å²) >= 11 is 0. The van der Waals surface area contributed by atoms with Crippen LogP contribution < -0.4 is 5.32 Å². The Hall–Kier alpha value is -0.870. The maximum atomic E-state index is 11.2. The summed E-state index contributed by atoms with van der Waals surface area (Å²) in [4.78, 5) is 11.2. The maximum Gasteiger partial charge on any atom is 0.333 e. The van der Waals surface area contributed by atoms with Crippen molar-refractivity contribution in [3.63, 3.8) is 0 Å². The average molecular weight is 229 g/mol. The third-order valence-electron chi connectivity index (χ3n) is 2.59. The molecule has 0 heterocycles. The van der Waals surface area contributed by atoms with Gasteiger partial charge in [0.1, 0.15) is 0 Å². The van der Waals surface area contributed by atoms with Crippen molar-refractivity contribution in [2.24, 2.45) is 0 Å². The maximum absolute atomic E-state index is 11.2. The Kier molecular flexibility index (Phi) is 7.01. The normalized spacial score (nSPS) is 15.7. The monoisotopic (exact) mass is 229 g/mol. The molecule has 0 rings (SSSR count). The minimum Gasteiger partial charge on any atom is -0.466 e. The Morgan fingerprint density at radius 1 is 1.50 bits per heavy atom. The molecule has 0 aromatic heterocycles. The lowest BCUT2D eigenvalue weighted by molar-refractivity contribution is -0.136. The quantitative estimate of drug-likeness (QED) is 0.392. The van der Waals surface area contributed by atoms with Crippen LogP contribution in [0.5, 0.6) is 0 Å². The molecule has 0 bridgehead atoms. The van der Waals surface area contributed by atoms with Crippen molar-refractivity contribution in [1.29, 1.82) is 0 Å². The molecule has 0 aromatic carbocycles. The summed E-state index contributed by atoms with van der Waals surface area (Å²) in [6.45, 7) is 6.70. The van der Waals surface area contributed by atoms with Crippen LogP contribution in [0.3, 0.4) is 0 Å². The summed E-state index contributed by atoms with van der Waals surface area (Å²) in [5, 5.41) is 12.8. The van der Waals surface area contributed by atoms with Crippen molar-refractivity contribution in [1.82, 2.24) is 5.32 Å². The fourth-order valence-electron chi connectivity index (χ4n) is 1.16. The molecule has 0 aliphatic heterocycles. The van der Waals surface area contributed by atoms with Crippen molar-refractivity contribution in [2.45, 2.75) is 39.2 Å². The fraction of sp³-hybridized carbons (Fsp3) is 0.750. The number of ether oxygens (including phenoxy) is 1. The van der Waals surface area contributed by atoms with Gasteiger partial charge in [0.05, 0.1) is 12.7 Å². The van der Waals surface area contributed by atoms with E-state index < -0.39 is 5.60 Å². The van der Waals surface area contributed by atoms with E-state index in [4.69, 9.17) is 0 Å². The van der Waals surface area contributed by atoms with Crippen LogP contribution in [0, 0.1) is 0 Å². The van der Waals surface area contributed by atoms with E-state index in [2.05, 4.69) is 10.1 Å². The van der Waals surface area contributed by atoms with Gasteiger partial charge in [-0.2, -0.15) is 0 Å². The lowest BCUT2D eigenvalue weighted by Gasteiger charge is -2.21. The molecule has 0 aliphatic carbocycles. The van der Waals surface area contributed by atoms with Crippen LogP contribution in [0.2, 0.25) is 0 Å². The molecular weight excluding hydrogens is 206 g/mol. The second kappa shape index (κ2) is 7.41. The number of methoxy groups -OCH3 is 1. The van der Waals surface area contributed by atoms with Crippen LogP contribution in [0.25, 0.3) is 0 Å². The van der Waals surface area contributed by atoms with Gasteiger partial charge in [-0.1, -0.05) is 19.9 Å². The highest BCUT2D eigenvalue weighted by atomic mass is 16.5. The third-order valence-corrected chi connectivity index (χ3v) is 2.59. The molecule has 1 unspecified atom stereocenters. The predicted molar refractivity (Wildman–Crippen MR) is 64.2 cm³/mol. The molecule has 94 valence electrons. The molecule has 0 aromatic rings. The van der Waals surface area contributed by atoms with Gasteiger partial charge in [-0.05, 0) is 19.8 Å². The molecule has 4 heteroatoms. The minimum atomic E-state index is -0.689. The van der Waals surface area contributed by atoms with E-state index in [-0.39, 0.29) is 5.97 Å². The molecular formula is C12H23NO3. The highest BCUT2D eigenvalue weighted by Gasteiger charge is 2.15. The van der Waals surface area contributed by atoms with Gasteiger partial charge in [-0.3, -0.25) is 0 Å². The Labute approximate surface area is 97.7 Å². The Bertz CT molecular complexity index is 247. The lowest BCUT2D eigenvalue weighted by atomic mass is 10.0. The molecule has 2 N–H and O–H groups in total. The number of hydrogen-bond donors (Lipinski definition) is 2. The van der Waals surface area contributed by atoms with E-state index in [1.165, 1.54) is 7.11 Å². The number of aliphatic hydroxyl groups is 1. The molecule has 16 heavy (non-hydrogen) atoms. The second-order valence-electron chi connectivity index (χ2n) is 4.06. The van der Waals surface area contributed by atoms with Crippen LogP contribution >= 0.6 is 0 Å². The summed E-state index contributed by atoms with van der Waals surface area (Å²) < 4.78 is 4.64. The van der Waals surface area contributed by atoms with Gasteiger partial charge in [0, 0.05) is 18.7 Å². The summed E-state index contributed by atoms with van der Waals surface area (Å²) in [6, 6.07) is 0. The first-order chi connectivity index (χ1) is 7.46. The van der Waals surface area contributed by atoms with Gasteiger partial charge in [0.15, 0.2) is 0 Å². The van der Waals surface area contributed by atoms with E-state index in [1.54, 1.807) is 13.0 Å². The molecule has 0 radical (unpaired) electrons. The molecule has 4 nitrogen and oxygen atoms in total. The summed E-state index contributed by atoms with van der Waals surface area (Å²) in [6.07, 6.45) is 3.15. The van der Waals surface area contributed by atoms with Gasteiger partial charge in [0.25, 0.3) is 0 Å². The van der Waals surface area contributed by atoms with Crippen molar-refractivity contribution in [2.75, 3.05) is 20.2 Å². The molecule has 0 aliphatic rings.